The SMILES string of the molecule is CCC1CCCN(C(=O)c2cccc3c2CCCN3)CC1. The van der Waals surface area contributed by atoms with Crippen LogP contribution in [0.4, 0.5) is 5.69 Å². The molecule has 3 rings (SSSR count). The summed E-state index contributed by atoms with van der Waals surface area (Å²) in [6.07, 6.45) is 6.97. The Morgan fingerprint density at radius 2 is 2.19 bits per heavy atom. The highest BCUT2D eigenvalue weighted by Gasteiger charge is 2.24. The Balaban J connectivity index is 1.79. The van der Waals surface area contributed by atoms with Crippen LogP contribution in [0.2, 0.25) is 0 Å². The van der Waals surface area contributed by atoms with Crippen molar-refractivity contribution in [2.45, 2.75) is 45.4 Å². The number of benzene rings is 1. The maximum Gasteiger partial charge on any atom is 0.254 e. The van der Waals surface area contributed by atoms with Crippen LogP contribution in [-0.4, -0.2) is 30.4 Å². The number of nitrogens with zero attached hydrogens (tertiary/aromatic N) is 1. The van der Waals surface area contributed by atoms with Gasteiger partial charge in [0, 0.05) is 30.9 Å². The molecule has 2 aliphatic heterocycles. The molecule has 0 spiro atoms. The van der Waals surface area contributed by atoms with Crippen molar-refractivity contribution in [2.24, 2.45) is 5.92 Å². The van der Waals surface area contributed by atoms with E-state index in [-0.39, 0.29) is 5.91 Å². The summed E-state index contributed by atoms with van der Waals surface area (Å²) in [7, 11) is 0. The van der Waals surface area contributed by atoms with Crippen molar-refractivity contribution in [2.75, 3.05) is 25.0 Å². The van der Waals surface area contributed by atoms with E-state index >= 15 is 0 Å². The zero-order valence-corrected chi connectivity index (χ0v) is 13.0. The molecule has 1 aromatic rings. The van der Waals surface area contributed by atoms with Gasteiger partial charge in [-0.15, -0.1) is 0 Å². The number of rotatable bonds is 2. The molecule has 3 heteroatoms. The second-order valence-electron chi connectivity index (χ2n) is 6.36. The maximum atomic E-state index is 12.9. The summed E-state index contributed by atoms with van der Waals surface area (Å²) in [6.45, 7) is 5.13. The lowest BCUT2D eigenvalue weighted by molar-refractivity contribution is 0.0758. The van der Waals surface area contributed by atoms with Gasteiger partial charge in [-0.05, 0) is 55.7 Å². The van der Waals surface area contributed by atoms with E-state index in [0.29, 0.717) is 0 Å². The molecule has 0 aliphatic carbocycles. The van der Waals surface area contributed by atoms with Crippen molar-refractivity contribution in [3.63, 3.8) is 0 Å². The zero-order valence-electron chi connectivity index (χ0n) is 13.0. The molecule has 114 valence electrons. The summed E-state index contributed by atoms with van der Waals surface area (Å²) >= 11 is 0. The summed E-state index contributed by atoms with van der Waals surface area (Å²) in [4.78, 5) is 15.0. The molecule has 2 aliphatic rings. The Kier molecular flexibility index (Phi) is 4.47. The Morgan fingerprint density at radius 3 is 3.05 bits per heavy atom. The number of fused-ring (bicyclic) bond motifs is 1. The summed E-state index contributed by atoms with van der Waals surface area (Å²) < 4.78 is 0. The predicted octanol–water partition coefficient (Wildman–Crippen LogP) is 3.70. The van der Waals surface area contributed by atoms with Crippen LogP contribution in [-0.2, 0) is 6.42 Å². The second-order valence-corrected chi connectivity index (χ2v) is 6.36. The Hall–Kier alpha value is -1.51. The largest absolute Gasteiger partial charge is 0.385 e. The number of carbonyl (C=O) groups is 1. The fraction of sp³-hybridized carbons (Fsp3) is 0.611. The molecule has 1 saturated heterocycles. The standard InChI is InChI=1S/C18H26N2O/c1-2-14-6-5-12-20(13-10-14)18(21)16-7-3-9-17-15(16)8-4-11-19-17/h3,7,9,14,19H,2,4-6,8,10-13H2,1H3. The Morgan fingerprint density at radius 1 is 1.29 bits per heavy atom. The quantitative estimate of drug-likeness (QED) is 0.899. The molecular weight excluding hydrogens is 260 g/mol. The lowest BCUT2D eigenvalue weighted by Crippen LogP contribution is -2.33. The maximum absolute atomic E-state index is 12.9. The molecule has 0 aromatic heterocycles. The van der Waals surface area contributed by atoms with Gasteiger partial charge in [0.2, 0.25) is 0 Å². The van der Waals surface area contributed by atoms with Crippen molar-refractivity contribution in [3.8, 4) is 0 Å². The topological polar surface area (TPSA) is 32.3 Å². The molecule has 0 saturated carbocycles. The summed E-state index contributed by atoms with van der Waals surface area (Å²) in [6, 6.07) is 6.12. The van der Waals surface area contributed by atoms with Crippen LogP contribution in [0.1, 0.15) is 54.9 Å². The fourth-order valence-corrected chi connectivity index (χ4v) is 3.66. The first-order valence-corrected chi connectivity index (χ1v) is 8.44. The molecule has 0 bridgehead atoms. The molecule has 1 amide bonds. The highest BCUT2D eigenvalue weighted by molar-refractivity contribution is 5.97. The van der Waals surface area contributed by atoms with Crippen molar-refractivity contribution >= 4 is 11.6 Å². The van der Waals surface area contributed by atoms with Crippen LogP contribution in [0, 0.1) is 5.92 Å². The van der Waals surface area contributed by atoms with E-state index in [2.05, 4.69) is 23.2 Å². The van der Waals surface area contributed by atoms with Gasteiger partial charge in [0.1, 0.15) is 0 Å². The number of amides is 1. The summed E-state index contributed by atoms with van der Waals surface area (Å²) in [5, 5.41) is 3.42. The molecule has 1 unspecified atom stereocenters. The minimum absolute atomic E-state index is 0.243. The van der Waals surface area contributed by atoms with Crippen molar-refractivity contribution in [3.05, 3.63) is 29.3 Å². The number of likely N-dealkylation sites (tertiary alicyclic amines) is 1. The number of anilines is 1. The highest BCUT2D eigenvalue weighted by Crippen LogP contribution is 2.27. The molecular formula is C18H26N2O. The van der Waals surface area contributed by atoms with Crippen LogP contribution in [0.15, 0.2) is 18.2 Å². The van der Waals surface area contributed by atoms with Gasteiger partial charge >= 0.3 is 0 Å². The van der Waals surface area contributed by atoms with E-state index in [9.17, 15) is 4.79 Å². The van der Waals surface area contributed by atoms with Crippen LogP contribution in [0.25, 0.3) is 0 Å². The third-order valence-electron chi connectivity index (χ3n) is 5.04. The smallest absolute Gasteiger partial charge is 0.254 e. The van der Waals surface area contributed by atoms with Gasteiger partial charge in [-0.1, -0.05) is 19.4 Å². The van der Waals surface area contributed by atoms with Gasteiger partial charge in [0.25, 0.3) is 5.91 Å². The molecule has 1 fully saturated rings. The normalized spacial score (nSPS) is 22.1. The Bertz CT molecular complexity index is 512. The van der Waals surface area contributed by atoms with Gasteiger partial charge in [-0.3, -0.25) is 4.79 Å². The number of nitrogens with one attached hydrogen (secondary N) is 1. The predicted molar refractivity (Wildman–Crippen MR) is 86.8 cm³/mol. The first-order chi connectivity index (χ1) is 10.3. The van der Waals surface area contributed by atoms with Gasteiger partial charge in [0.05, 0.1) is 0 Å². The molecule has 21 heavy (non-hydrogen) atoms. The van der Waals surface area contributed by atoms with Gasteiger partial charge < -0.3 is 10.2 Å². The van der Waals surface area contributed by atoms with Crippen molar-refractivity contribution in [1.29, 1.82) is 0 Å². The van der Waals surface area contributed by atoms with E-state index < -0.39 is 0 Å². The zero-order chi connectivity index (χ0) is 14.7. The third kappa shape index (κ3) is 3.07. The summed E-state index contributed by atoms with van der Waals surface area (Å²) in [5.74, 6) is 1.04. The average Bonchev–Trinajstić information content (AvgIpc) is 2.79. The van der Waals surface area contributed by atoms with Gasteiger partial charge in [-0.25, -0.2) is 0 Å². The average molecular weight is 286 g/mol. The highest BCUT2D eigenvalue weighted by atomic mass is 16.2. The van der Waals surface area contributed by atoms with Crippen LogP contribution >= 0.6 is 0 Å². The first kappa shape index (κ1) is 14.4. The molecule has 1 N–H and O–H groups in total. The third-order valence-corrected chi connectivity index (χ3v) is 5.04. The minimum Gasteiger partial charge on any atom is -0.385 e. The van der Waals surface area contributed by atoms with Crippen molar-refractivity contribution < 1.29 is 4.79 Å². The lowest BCUT2D eigenvalue weighted by Gasteiger charge is -2.25. The number of hydrogen-bond acceptors (Lipinski definition) is 2. The first-order valence-electron chi connectivity index (χ1n) is 8.44. The molecule has 3 nitrogen and oxygen atoms in total. The van der Waals surface area contributed by atoms with Crippen molar-refractivity contribution in [1.82, 2.24) is 4.90 Å². The van der Waals surface area contributed by atoms with E-state index in [4.69, 9.17) is 0 Å². The number of carbonyl (C=O) groups excluding carboxylic acids is 1. The molecule has 1 aromatic carbocycles. The van der Waals surface area contributed by atoms with E-state index in [1.165, 1.54) is 18.4 Å². The van der Waals surface area contributed by atoms with E-state index in [1.54, 1.807) is 0 Å². The van der Waals surface area contributed by atoms with Crippen LogP contribution in [0.5, 0.6) is 0 Å². The van der Waals surface area contributed by atoms with E-state index in [1.807, 2.05) is 12.1 Å². The fourth-order valence-electron chi connectivity index (χ4n) is 3.66. The Labute approximate surface area is 127 Å². The van der Waals surface area contributed by atoms with Gasteiger partial charge in [0.15, 0.2) is 0 Å². The van der Waals surface area contributed by atoms with Crippen LogP contribution in [0.3, 0.4) is 0 Å². The second kappa shape index (κ2) is 6.50. The molecule has 2 heterocycles. The van der Waals surface area contributed by atoms with Crippen LogP contribution < -0.4 is 5.32 Å². The number of hydrogen-bond donors (Lipinski definition) is 1. The van der Waals surface area contributed by atoms with Gasteiger partial charge in [-0.2, -0.15) is 0 Å². The van der Waals surface area contributed by atoms with E-state index in [0.717, 1.165) is 62.5 Å². The molecule has 0 radical (unpaired) electrons. The minimum atomic E-state index is 0.243. The summed E-state index contributed by atoms with van der Waals surface area (Å²) in [5.41, 5.74) is 3.31. The molecule has 1 atom stereocenters. The monoisotopic (exact) mass is 286 g/mol. The lowest BCUT2D eigenvalue weighted by atomic mass is 9.96.